The van der Waals surface area contributed by atoms with E-state index in [1.54, 1.807) is 6.07 Å². The van der Waals surface area contributed by atoms with Gasteiger partial charge in [-0.05, 0) is 31.5 Å². The third-order valence-corrected chi connectivity index (χ3v) is 6.15. The molecule has 1 heterocycles. The summed E-state index contributed by atoms with van der Waals surface area (Å²) in [5.41, 5.74) is 1.14. The topological polar surface area (TPSA) is 29.3 Å². The number of nitrogens with zero attached hydrogens (tertiary/aromatic N) is 2. The Morgan fingerprint density at radius 1 is 1.27 bits per heavy atom. The standard InChI is InChI=1S/C19H18ClFN2OS2/c1-19(2)17(23(24)12-14-15(20)9-6-10-16(14)21)22(18(25)26-19)11-13-7-4-3-5-8-13/h3-10,12,17H,11H2,1-2H3/b23-12-. The maximum atomic E-state index is 14.1. The highest BCUT2D eigenvalue weighted by atomic mass is 35.5. The highest BCUT2D eigenvalue weighted by Crippen LogP contribution is 2.42. The van der Waals surface area contributed by atoms with E-state index >= 15 is 0 Å². The molecule has 1 aliphatic rings. The van der Waals surface area contributed by atoms with Gasteiger partial charge in [-0.2, -0.15) is 4.74 Å². The van der Waals surface area contributed by atoms with E-state index in [1.165, 1.54) is 30.1 Å². The van der Waals surface area contributed by atoms with Crippen molar-refractivity contribution in [3.05, 3.63) is 75.7 Å². The number of halogens is 2. The summed E-state index contributed by atoms with van der Waals surface area (Å²) < 4.78 is 15.0. The van der Waals surface area contributed by atoms with E-state index in [0.717, 1.165) is 10.3 Å². The van der Waals surface area contributed by atoms with Gasteiger partial charge >= 0.3 is 0 Å². The minimum atomic E-state index is -0.573. The molecule has 136 valence electrons. The summed E-state index contributed by atoms with van der Waals surface area (Å²) in [7, 11) is 0. The molecule has 1 fully saturated rings. The molecule has 2 aromatic carbocycles. The molecule has 1 aliphatic heterocycles. The first-order chi connectivity index (χ1) is 12.3. The summed E-state index contributed by atoms with van der Waals surface area (Å²) in [4.78, 5) is 1.88. The van der Waals surface area contributed by atoms with Crippen molar-refractivity contribution in [2.75, 3.05) is 0 Å². The third-order valence-electron chi connectivity index (χ3n) is 4.19. The minimum absolute atomic E-state index is 0.0856. The van der Waals surface area contributed by atoms with Gasteiger partial charge in [0.1, 0.15) is 14.9 Å². The monoisotopic (exact) mass is 408 g/mol. The lowest BCUT2D eigenvalue weighted by atomic mass is 10.1. The number of benzene rings is 2. The molecule has 0 N–H and O–H groups in total. The van der Waals surface area contributed by atoms with Crippen molar-refractivity contribution in [2.45, 2.75) is 31.3 Å². The SMILES string of the molecule is CC1(C)SC(=S)N(Cc2ccccc2)C1/[N+]([O-])=C/c1c(F)cccc1Cl. The van der Waals surface area contributed by atoms with Crippen LogP contribution in [0, 0.1) is 11.0 Å². The molecule has 0 radical (unpaired) electrons. The average Bonchev–Trinajstić information content (AvgIpc) is 2.80. The van der Waals surface area contributed by atoms with Crippen molar-refractivity contribution >= 4 is 46.1 Å². The molecule has 1 unspecified atom stereocenters. The maximum Gasteiger partial charge on any atom is 0.254 e. The molecule has 3 nitrogen and oxygen atoms in total. The summed E-state index contributed by atoms with van der Waals surface area (Å²) in [6, 6.07) is 14.2. The Bertz CT molecular complexity index is 838. The molecule has 1 saturated heterocycles. The lowest BCUT2D eigenvalue weighted by molar-refractivity contribution is -0.524. The van der Waals surface area contributed by atoms with Crippen molar-refractivity contribution < 1.29 is 9.13 Å². The second kappa shape index (κ2) is 7.55. The van der Waals surface area contributed by atoms with E-state index < -0.39 is 16.7 Å². The van der Waals surface area contributed by atoms with E-state index in [-0.39, 0.29) is 10.6 Å². The van der Waals surface area contributed by atoms with Gasteiger partial charge < -0.3 is 5.21 Å². The van der Waals surface area contributed by atoms with Crippen LogP contribution in [-0.4, -0.2) is 31.1 Å². The van der Waals surface area contributed by atoms with Crippen LogP contribution in [0.2, 0.25) is 5.02 Å². The van der Waals surface area contributed by atoms with Gasteiger partial charge in [0.15, 0.2) is 6.21 Å². The van der Waals surface area contributed by atoms with Gasteiger partial charge in [0, 0.05) is 0 Å². The van der Waals surface area contributed by atoms with Crippen LogP contribution in [-0.2, 0) is 6.54 Å². The van der Waals surface area contributed by atoms with Crippen LogP contribution in [0.25, 0.3) is 0 Å². The zero-order valence-corrected chi connectivity index (χ0v) is 16.7. The van der Waals surface area contributed by atoms with Crippen LogP contribution in [0.5, 0.6) is 0 Å². The van der Waals surface area contributed by atoms with Crippen LogP contribution < -0.4 is 0 Å². The first kappa shape index (κ1) is 19.1. The minimum Gasteiger partial charge on any atom is -0.622 e. The predicted molar refractivity (Wildman–Crippen MR) is 110 cm³/mol. The molecule has 0 bridgehead atoms. The summed E-state index contributed by atoms with van der Waals surface area (Å²) in [6.07, 6.45) is 0.646. The first-order valence-electron chi connectivity index (χ1n) is 8.07. The van der Waals surface area contributed by atoms with Gasteiger partial charge in [0.2, 0.25) is 0 Å². The van der Waals surface area contributed by atoms with Crippen molar-refractivity contribution in [2.24, 2.45) is 0 Å². The van der Waals surface area contributed by atoms with Gasteiger partial charge in [0.05, 0.1) is 17.1 Å². The van der Waals surface area contributed by atoms with Crippen LogP contribution in [0.3, 0.4) is 0 Å². The molecule has 0 spiro atoms. The largest absolute Gasteiger partial charge is 0.622 e. The zero-order valence-electron chi connectivity index (χ0n) is 14.4. The highest BCUT2D eigenvalue weighted by molar-refractivity contribution is 8.24. The fourth-order valence-corrected chi connectivity index (χ4v) is 5.11. The number of thioether (sulfide) groups is 1. The smallest absolute Gasteiger partial charge is 0.254 e. The van der Waals surface area contributed by atoms with E-state index in [1.807, 2.05) is 49.1 Å². The predicted octanol–water partition coefficient (Wildman–Crippen LogP) is 5.05. The second-order valence-corrected chi connectivity index (χ2v) is 9.28. The maximum absolute atomic E-state index is 14.1. The molecular formula is C19H18ClFN2OS2. The van der Waals surface area contributed by atoms with Gasteiger partial charge in [-0.25, -0.2) is 4.39 Å². The number of rotatable bonds is 4. The molecule has 2 aromatic rings. The molecular weight excluding hydrogens is 391 g/mol. The van der Waals surface area contributed by atoms with Gasteiger partial charge in [-0.15, -0.1) is 0 Å². The van der Waals surface area contributed by atoms with Crippen LogP contribution in [0.1, 0.15) is 25.0 Å². The Morgan fingerprint density at radius 2 is 1.96 bits per heavy atom. The molecule has 7 heteroatoms. The lowest BCUT2D eigenvalue weighted by Gasteiger charge is -2.30. The number of thiocarbonyl (C=S) groups is 1. The van der Waals surface area contributed by atoms with Gasteiger partial charge in [-0.1, -0.05) is 72.0 Å². The first-order valence-corrected chi connectivity index (χ1v) is 9.68. The van der Waals surface area contributed by atoms with E-state index in [4.69, 9.17) is 23.8 Å². The van der Waals surface area contributed by atoms with E-state index in [9.17, 15) is 9.60 Å². The molecule has 0 aromatic heterocycles. The highest BCUT2D eigenvalue weighted by Gasteiger charge is 2.50. The Hall–Kier alpha value is -1.63. The number of hydrogen-bond donors (Lipinski definition) is 0. The molecule has 0 saturated carbocycles. The second-order valence-electron chi connectivity index (χ2n) is 6.58. The van der Waals surface area contributed by atoms with Gasteiger partial charge in [0.25, 0.3) is 6.17 Å². The Labute approximate surface area is 167 Å². The van der Waals surface area contributed by atoms with E-state index in [0.29, 0.717) is 10.9 Å². The lowest BCUT2D eigenvalue weighted by Crippen LogP contribution is -2.47. The van der Waals surface area contributed by atoms with Crippen LogP contribution in [0.15, 0.2) is 48.5 Å². The summed E-state index contributed by atoms with van der Waals surface area (Å²) in [5.74, 6) is -0.529. The zero-order chi connectivity index (χ0) is 18.9. The van der Waals surface area contributed by atoms with Crippen molar-refractivity contribution in [3.63, 3.8) is 0 Å². The van der Waals surface area contributed by atoms with Crippen molar-refractivity contribution in [3.8, 4) is 0 Å². The summed E-state index contributed by atoms with van der Waals surface area (Å²) in [6.45, 7) is 4.43. The summed E-state index contributed by atoms with van der Waals surface area (Å²) in [5, 5.41) is 13.2. The Kier molecular flexibility index (Phi) is 5.55. The summed E-state index contributed by atoms with van der Waals surface area (Å²) >= 11 is 13.0. The average molecular weight is 409 g/mol. The molecule has 0 aliphatic carbocycles. The Balaban J connectivity index is 1.98. The van der Waals surface area contributed by atoms with Gasteiger partial charge in [-0.3, -0.25) is 4.90 Å². The molecule has 26 heavy (non-hydrogen) atoms. The molecule has 1 atom stereocenters. The van der Waals surface area contributed by atoms with Crippen molar-refractivity contribution in [1.29, 1.82) is 0 Å². The van der Waals surface area contributed by atoms with E-state index in [2.05, 4.69) is 0 Å². The Morgan fingerprint density at radius 3 is 2.62 bits per heavy atom. The quantitative estimate of drug-likeness (QED) is 0.233. The normalized spacial score (nSPS) is 19.8. The molecule has 3 rings (SSSR count). The molecule has 0 amide bonds. The third kappa shape index (κ3) is 3.87. The fraction of sp³-hybridized carbons (Fsp3) is 0.263. The van der Waals surface area contributed by atoms with Crippen LogP contribution >= 0.6 is 35.6 Å². The van der Waals surface area contributed by atoms with Crippen LogP contribution in [0.4, 0.5) is 4.39 Å². The van der Waals surface area contributed by atoms with Crippen molar-refractivity contribution in [1.82, 2.24) is 4.90 Å². The fourth-order valence-electron chi connectivity index (χ4n) is 3.02. The number of hydrogen-bond acceptors (Lipinski definition) is 3. The number of hydroxylamine groups is 1.